The first kappa shape index (κ1) is 23.2. The van der Waals surface area contributed by atoms with E-state index >= 15 is 0 Å². The van der Waals surface area contributed by atoms with E-state index in [4.69, 9.17) is 9.47 Å². The molecule has 3 aromatic carbocycles. The molecule has 0 aliphatic carbocycles. The quantitative estimate of drug-likeness (QED) is 0.190. The predicted molar refractivity (Wildman–Crippen MR) is 125 cm³/mol. The van der Waals surface area contributed by atoms with E-state index in [-0.39, 0.29) is 0 Å². The summed E-state index contributed by atoms with van der Waals surface area (Å²) >= 11 is 0. The van der Waals surface area contributed by atoms with Crippen molar-refractivity contribution in [3.05, 3.63) is 89.5 Å². The first-order valence-electron chi connectivity index (χ1n) is 10.2. The van der Waals surface area contributed by atoms with Gasteiger partial charge >= 0.3 is 17.8 Å². The number of benzene rings is 3. The van der Waals surface area contributed by atoms with Crippen molar-refractivity contribution in [1.82, 2.24) is 5.43 Å². The van der Waals surface area contributed by atoms with Crippen molar-refractivity contribution in [2.45, 2.75) is 13.3 Å². The lowest BCUT2D eigenvalue weighted by Gasteiger charge is -2.06. The van der Waals surface area contributed by atoms with Gasteiger partial charge in [-0.25, -0.2) is 10.2 Å². The Morgan fingerprint density at radius 3 is 2.09 bits per heavy atom. The zero-order chi connectivity index (χ0) is 23.6. The maximum atomic E-state index is 12.2. The second kappa shape index (κ2) is 11.2. The summed E-state index contributed by atoms with van der Waals surface area (Å²) in [6, 6.07) is 20.3. The summed E-state index contributed by atoms with van der Waals surface area (Å²) in [5, 5.41) is 6.29. The molecule has 8 heteroatoms. The third kappa shape index (κ3) is 6.76. The molecular formula is C25H23N3O5. The third-order valence-electron chi connectivity index (χ3n) is 4.62. The molecule has 0 heterocycles. The number of hydrogen-bond acceptors (Lipinski definition) is 6. The highest BCUT2D eigenvalue weighted by Crippen LogP contribution is 2.16. The fourth-order valence-corrected chi connectivity index (χ4v) is 2.74. The average molecular weight is 445 g/mol. The molecule has 0 aromatic heterocycles. The topological polar surface area (TPSA) is 106 Å². The molecule has 33 heavy (non-hydrogen) atoms. The van der Waals surface area contributed by atoms with Gasteiger partial charge in [-0.1, -0.05) is 19.1 Å². The SMILES string of the molecule is CCc1ccc(NC(=O)C(=O)N/N=C\c2ccc(OC(=O)c3ccc(OC)cc3)cc2)cc1. The molecule has 2 amide bonds. The van der Waals surface area contributed by atoms with Gasteiger partial charge in [-0.15, -0.1) is 0 Å². The van der Waals surface area contributed by atoms with Crippen molar-refractivity contribution >= 4 is 29.7 Å². The molecule has 0 fully saturated rings. The number of esters is 1. The number of ether oxygens (including phenoxy) is 2. The van der Waals surface area contributed by atoms with Gasteiger partial charge in [0.15, 0.2) is 0 Å². The van der Waals surface area contributed by atoms with E-state index in [1.165, 1.54) is 6.21 Å². The highest BCUT2D eigenvalue weighted by atomic mass is 16.5. The van der Waals surface area contributed by atoms with Gasteiger partial charge in [0.25, 0.3) is 0 Å². The summed E-state index contributed by atoms with van der Waals surface area (Å²) < 4.78 is 10.4. The monoisotopic (exact) mass is 445 g/mol. The minimum Gasteiger partial charge on any atom is -0.497 e. The van der Waals surface area contributed by atoms with Crippen LogP contribution >= 0.6 is 0 Å². The number of nitrogens with zero attached hydrogens (tertiary/aromatic N) is 1. The molecule has 2 N–H and O–H groups in total. The van der Waals surface area contributed by atoms with Crippen LogP contribution < -0.4 is 20.2 Å². The smallest absolute Gasteiger partial charge is 0.343 e. The lowest BCUT2D eigenvalue weighted by atomic mass is 10.1. The first-order chi connectivity index (χ1) is 16.0. The molecular weight excluding hydrogens is 422 g/mol. The maximum Gasteiger partial charge on any atom is 0.343 e. The second-order valence-electron chi connectivity index (χ2n) is 6.89. The number of hydrogen-bond donors (Lipinski definition) is 2. The lowest BCUT2D eigenvalue weighted by molar-refractivity contribution is -0.136. The van der Waals surface area contributed by atoms with Crippen LogP contribution in [0.25, 0.3) is 0 Å². The summed E-state index contributed by atoms with van der Waals surface area (Å²) in [5.74, 6) is -1.22. The number of aryl methyl sites for hydroxylation is 1. The van der Waals surface area contributed by atoms with Crippen LogP contribution in [-0.4, -0.2) is 31.1 Å². The highest BCUT2D eigenvalue weighted by molar-refractivity contribution is 6.39. The van der Waals surface area contributed by atoms with Crippen LogP contribution in [0.1, 0.15) is 28.4 Å². The van der Waals surface area contributed by atoms with E-state index in [9.17, 15) is 14.4 Å². The molecule has 0 aliphatic heterocycles. The van der Waals surface area contributed by atoms with E-state index in [1.807, 2.05) is 19.1 Å². The Morgan fingerprint density at radius 1 is 0.848 bits per heavy atom. The van der Waals surface area contributed by atoms with Gasteiger partial charge in [-0.2, -0.15) is 5.10 Å². The Hall–Kier alpha value is -4.46. The molecule has 168 valence electrons. The minimum atomic E-state index is -0.893. The molecule has 0 atom stereocenters. The van der Waals surface area contributed by atoms with E-state index in [0.717, 1.165) is 12.0 Å². The standard InChI is InChI=1S/C25H23N3O5/c1-3-17-4-10-20(11-5-17)27-23(29)24(30)28-26-16-18-6-12-22(13-7-18)33-25(31)19-8-14-21(32-2)15-9-19/h4-16H,3H2,1-2H3,(H,27,29)(H,28,30)/b26-16-. The molecule has 0 aliphatic rings. The fraction of sp³-hybridized carbons (Fsp3) is 0.120. The Bertz CT molecular complexity index is 1140. The van der Waals surface area contributed by atoms with E-state index in [2.05, 4.69) is 15.8 Å². The number of carbonyl (C=O) groups excluding carboxylic acids is 3. The van der Waals surface area contributed by atoms with Crippen molar-refractivity contribution in [1.29, 1.82) is 0 Å². The molecule has 0 radical (unpaired) electrons. The number of methoxy groups -OCH3 is 1. The van der Waals surface area contributed by atoms with E-state index in [0.29, 0.717) is 28.3 Å². The number of hydrazone groups is 1. The van der Waals surface area contributed by atoms with Crippen molar-refractivity contribution in [3.63, 3.8) is 0 Å². The van der Waals surface area contributed by atoms with Gasteiger partial charge in [0.05, 0.1) is 18.9 Å². The molecule has 0 saturated carbocycles. The number of rotatable bonds is 7. The van der Waals surface area contributed by atoms with Crippen LogP contribution in [0, 0.1) is 0 Å². The first-order valence-corrected chi connectivity index (χ1v) is 10.2. The summed E-state index contributed by atoms with van der Waals surface area (Å²) in [5.41, 5.74) is 4.85. The average Bonchev–Trinajstić information content (AvgIpc) is 2.85. The summed E-state index contributed by atoms with van der Waals surface area (Å²) in [7, 11) is 1.55. The zero-order valence-corrected chi connectivity index (χ0v) is 18.2. The number of carbonyl (C=O) groups is 3. The van der Waals surface area contributed by atoms with Crippen LogP contribution in [0.4, 0.5) is 5.69 Å². The molecule has 8 nitrogen and oxygen atoms in total. The molecule has 0 spiro atoms. The molecule has 0 unspecified atom stereocenters. The second-order valence-corrected chi connectivity index (χ2v) is 6.89. The molecule has 3 rings (SSSR count). The van der Waals surface area contributed by atoms with Gasteiger partial charge in [0.2, 0.25) is 0 Å². The van der Waals surface area contributed by atoms with Crippen LogP contribution in [-0.2, 0) is 16.0 Å². The highest BCUT2D eigenvalue weighted by Gasteiger charge is 2.13. The Kier molecular flexibility index (Phi) is 7.91. The van der Waals surface area contributed by atoms with Crippen LogP contribution in [0.5, 0.6) is 11.5 Å². The molecule has 0 saturated heterocycles. The number of nitrogens with one attached hydrogen (secondary N) is 2. The Balaban J connectivity index is 1.49. The Labute approximate surface area is 191 Å². The van der Waals surface area contributed by atoms with E-state index in [1.54, 1.807) is 67.8 Å². The molecule has 3 aromatic rings. The maximum absolute atomic E-state index is 12.2. The van der Waals surface area contributed by atoms with Crippen molar-refractivity contribution in [2.24, 2.45) is 5.10 Å². The minimum absolute atomic E-state index is 0.352. The largest absolute Gasteiger partial charge is 0.497 e. The zero-order valence-electron chi connectivity index (χ0n) is 18.2. The van der Waals surface area contributed by atoms with Gasteiger partial charge in [-0.3, -0.25) is 9.59 Å². The van der Waals surface area contributed by atoms with Crippen molar-refractivity contribution in [2.75, 3.05) is 12.4 Å². The van der Waals surface area contributed by atoms with E-state index < -0.39 is 17.8 Å². The summed E-state index contributed by atoms with van der Waals surface area (Å²) in [6.45, 7) is 2.03. The van der Waals surface area contributed by atoms with Crippen LogP contribution in [0.15, 0.2) is 77.9 Å². The van der Waals surface area contributed by atoms with Crippen molar-refractivity contribution < 1.29 is 23.9 Å². The fourth-order valence-electron chi connectivity index (χ4n) is 2.74. The van der Waals surface area contributed by atoms with Crippen LogP contribution in [0.2, 0.25) is 0 Å². The van der Waals surface area contributed by atoms with Crippen LogP contribution in [0.3, 0.4) is 0 Å². The summed E-state index contributed by atoms with van der Waals surface area (Å²) in [4.78, 5) is 36.1. The van der Waals surface area contributed by atoms with Gasteiger partial charge in [0.1, 0.15) is 11.5 Å². The Morgan fingerprint density at radius 2 is 1.48 bits per heavy atom. The van der Waals surface area contributed by atoms with Gasteiger partial charge < -0.3 is 14.8 Å². The third-order valence-corrected chi connectivity index (χ3v) is 4.62. The molecule has 0 bridgehead atoms. The number of anilines is 1. The summed E-state index contributed by atoms with van der Waals surface area (Å²) in [6.07, 6.45) is 2.26. The predicted octanol–water partition coefficient (Wildman–Crippen LogP) is 3.57. The number of amides is 2. The van der Waals surface area contributed by atoms with Gasteiger partial charge in [0, 0.05) is 5.69 Å². The van der Waals surface area contributed by atoms with Crippen molar-refractivity contribution in [3.8, 4) is 11.5 Å². The normalized spacial score (nSPS) is 10.5. The van der Waals surface area contributed by atoms with Gasteiger partial charge in [-0.05, 0) is 78.2 Å². The lowest BCUT2D eigenvalue weighted by Crippen LogP contribution is -2.32.